The number of carbonyl (C=O) groups is 1. The van der Waals surface area contributed by atoms with E-state index in [1.807, 2.05) is 48.7 Å². The lowest BCUT2D eigenvalue weighted by Crippen LogP contribution is -2.07. The van der Waals surface area contributed by atoms with Crippen molar-refractivity contribution in [2.45, 2.75) is 26.8 Å². The van der Waals surface area contributed by atoms with Crippen LogP contribution in [0.1, 0.15) is 34.4 Å². The molecular weight excluding hydrogens is 420 g/mol. The molecule has 33 heavy (non-hydrogen) atoms. The molecule has 0 amide bonds. The van der Waals surface area contributed by atoms with Gasteiger partial charge in [-0.05, 0) is 51.7 Å². The number of H-pyrrole nitrogens is 1. The molecule has 5 rings (SSSR count). The Bertz CT molecular complexity index is 1460. The van der Waals surface area contributed by atoms with Crippen LogP contribution in [0.4, 0.5) is 0 Å². The van der Waals surface area contributed by atoms with Crippen LogP contribution in [0.3, 0.4) is 0 Å². The van der Waals surface area contributed by atoms with Crippen LogP contribution in [0.2, 0.25) is 0 Å². The van der Waals surface area contributed by atoms with Crippen LogP contribution >= 0.6 is 0 Å². The Hall–Kier alpha value is -4.47. The second-order valence-electron chi connectivity index (χ2n) is 7.64. The normalized spacial score (nSPS) is 11.2. The first-order valence-corrected chi connectivity index (χ1v) is 10.4. The Morgan fingerprint density at radius 2 is 1.94 bits per heavy atom. The van der Waals surface area contributed by atoms with Crippen molar-refractivity contribution in [2.75, 3.05) is 0 Å². The predicted molar refractivity (Wildman–Crippen MR) is 121 cm³/mol. The number of carboxylic acids is 1. The number of pyridine rings is 2. The van der Waals surface area contributed by atoms with E-state index in [0.717, 1.165) is 39.2 Å². The van der Waals surface area contributed by atoms with Gasteiger partial charge in [-0.15, -0.1) is 5.10 Å². The smallest absolute Gasteiger partial charge is 0.354 e. The molecule has 4 aromatic heterocycles. The largest absolute Gasteiger partial charge is 0.477 e. The molecule has 0 fully saturated rings. The molecule has 164 valence electrons. The summed E-state index contributed by atoms with van der Waals surface area (Å²) < 4.78 is 1.99. The van der Waals surface area contributed by atoms with Gasteiger partial charge in [0.15, 0.2) is 17.2 Å². The van der Waals surface area contributed by atoms with Gasteiger partial charge in [0.1, 0.15) is 11.3 Å². The van der Waals surface area contributed by atoms with Gasteiger partial charge in [-0.2, -0.15) is 0 Å². The number of benzene rings is 1. The molecular formula is C23H20N8O2. The zero-order valence-electron chi connectivity index (χ0n) is 18.0. The van der Waals surface area contributed by atoms with Crippen molar-refractivity contribution < 1.29 is 9.90 Å². The number of rotatable bonds is 6. The summed E-state index contributed by atoms with van der Waals surface area (Å²) in [6.07, 6.45) is 4.17. The minimum Gasteiger partial charge on any atom is -0.477 e. The zero-order chi connectivity index (χ0) is 22.9. The number of carboxylic acid groups (broad SMARTS) is 1. The van der Waals surface area contributed by atoms with E-state index in [1.54, 1.807) is 18.5 Å². The number of tetrazole rings is 1. The quantitative estimate of drug-likeness (QED) is 0.411. The highest BCUT2D eigenvalue weighted by Gasteiger charge is 2.17. The number of aromatic amines is 1. The summed E-state index contributed by atoms with van der Waals surface area (Å²) in [7, 11) is 0. The number of fused-ring (bicyclic) bond motifs is 1. The molecule has 0 saturated heterocycles. The molecule has 0 radical (unpaired) electrons. The van der Waals surface area contributed by atoms with Crippen molar-refractivity contribution in [1.82, 2.24) is 40.1 Å². The van der Waals surface area contributed by atoms with Gasteiger partial charge in [0.05, 0.1) is 6.54 Å². The van der Waals surface area contributed by atoms with Gasteiger partial charge >= 0.3 is 5.97 Å². The predicted octanol–water partition coefficient (Wildman–Crippen LogP) is 3.29. The van der Waals surface area contributed by atoms with E-state index in [1.165, 1.54) is 0 Å². The Balaban J connectivity index is 1.52. The number of hydrogen-bond acceptors (Lipinski definition) is 7. The molecule has 5 aromatic rings. The topological polar surface area (TPSA) is 135 Å². The fraction of sp³-hybridized carbons (Fsp3) is 0.174. The standard InChI is InChI=1S/C23H20N8O2/c1-3-19-26-20-13(2)10-18(23(32)33)25-22(20)31(19)12-14-4-6-15(7-5-14)16-8-9-24-11-17(16)21-27-29-30-28-21/h4-11H,3,12H2,1-2H3,(H,32,33)(H,27,28,29,30). The van der Waals surface area contributed by atoms with Gasteiger partial charge in [0, 0.05) is 24.4 Å². The van der Waals surface area contributed by atoms with E-state index in [9.17, 15) is 9.90 Å². The number of aromatic nitrogens is 8. The Morgan fingerprint density at radius 1 is 1.12 bits per heavy atom. The van der Waals surface area contributed by atoms with E-state index in [2.05, 4.69) is 30.6 Å². The van der Waals surface area contributed by atoms with E-state index in [-0.39, 0.29) is 5.69 Å². The van der Waals surface area contributed by atoms with E-state index < -0.39 is 5.97 Å². The van der Waals surface area contributed by atoms with Gasteiger partial charge < -0.3 is 9.67 Å². The lowest BCUT2D eigenvalue weighted by atomic mass is 10.00. The number of hydrogen-bond donors (Lipinski definition) is 2. The van der Waals surface area contributed by atoms with Crippen LogP contribution in [0.15, 0.2) is 48.8 Å². The lowest BCUT2D eigenvalue weighted by Gasteiger charge is -2.10. The van der Waals surface area contributed by atoms with Crippen molar-refractivity contribution in [3.8, 4) is 22.5 Å². The maximum atomic E-state index is 11.5. The molecule has 0 aliphatic heterocycles. The highest BCUT2D eigenvalue weighted by Crippen LogP contribution is 2.29. The van der Waals surface area contributed by atoms with Gasteiger partial charge in [-0.3, -0.25) is 4.98 Å². The molecule has 0 spiro atoms. The second kappa shape index (κ2) is 8.23. The lowest BCUT2D eigenvalue weighted by molar-refractivity contribution is 0.0690. The summed E-state index contributed by atoms with van der Waals surface area (Å²) in [6.45, 7) is 4.42. The molecule has 0 saturated carbocycles. The van der Waals surface area contributed by atoms with Crippen molar-refractivity contribution in [3.63, 3.8) is 0 Å². The van der Waals surface area contributed by atoms with Crippen LogP contribution in [-0.4, -0.2) is 51.2 Å². The SMILES string of the molecule is CCc1nc2c(C)cc(C(=O)O)nc2n1Cc1ccc(-c2ccncc2-c2nnn[nH]2)cc1. The fourth-order valence-corrected chi connectivity index (χ4v) is 3.91. The Labute approximate surface area is 188 Å². The Kier molecular flexibility index (Phi) is 5.09. The van der Waals surface area contributed by atoms with Crippen LogP contribution in [-0.2, 0) is 13.0 Å². The summed E-state index contributed by atoms with van der Waals surface area (Å²) in [5, 5.41) is 23.5. The summed E-state index contributed by atoms with van der Waals surface area (Å²) in [5.41, 5.74) is 5.95. The summed E-state index contributed by atoms with van der Waals surface area (Å²) in [5.74, 6) is 0.363. The van der Waals surface area contributed by atoms with Crippen LogP contribution in [0, 0.1) is 6.92 Å². The molecule has 0 aliphatic rings. The van der Waals surface area contributed by atoms with Crippen molar-refractivity contribution >= 4 is 17.1 Å². The minimum atomic E-state index is -1.05. The average molecular weight is 440 g/mol. The third-order valence-corrected chi connectivity index (χ3v) is 5.54. The average Bonchev–Trinajstić information content (AvgIpc) is 3.48. The van der Waals surface area contributed by atoms with Crippen LogP contribution in [0.25, 0.3) is 33.7 Å². The van der Waals surface area contributed by atoms with E-state index in [0.29, 0.717) is 24.4 Å². The van der Waals surface area contributed by atoms with Crippen molar-refractivity contribution in [3.05, 3.63) is 71.4 Å². The number of aromatic carboxylic acids is 1. The first-order valence-electron chi connectivity index (χ1n) is 10.4. The number of nitrogens with one attached hydrogen (secondary N) is 1. The van der Waals surface area contributed by atoms with Gasteiger partial charge in [0.25, 0.3) is 0 Å². The van der Waals surface area contributed by atoms with Crippen LogP contribution < -0.4 is 0 Å². The third kappa shape index (κ3) is 3.71. The maximum absolute atomic E-state index is 11.5. The first-order chi connectivity index (χ1) is 16.0. The summed E-state index contributed by atoms with van der Waals surface area (Å²) >= 11 is 0. The van der Waals surface area contributed by atoms with Gasteiger partial charge in [-0.1, -0.05) is 31.2 Å². The van der Waals surface area contributed by atoms with Gasteiger partial charge in [0.2, 0.25) is 0 Å². The zero-order valence-corrected chi connectivity index (χ0v) is 18.0. The molecule has 10 nitrogen and oxygen atoms in total. The van der Waals surface area contributed by atoms with Crippen LogP contribution in [0.5, 0.6) is 0 Å². The van der Waals surface area contributed by atoms with E-state index in [4.69, 9.17) is 4.98 Å². The highest BCUT2D eigenvalue weighted by molar-refractivity contribution is 5.89. The maximum Gasteiger partial charge on any atom is 0.354 e. The number of nitrogens with zero attached hydrogens (tertiary/aromatic N) is 7. The van der Waals surface area contributed by atoms with E-state index >= 15 is 0 Å². The fourth-order valence-electron chi connectivity index (χ4n) is 3.91. The second-order valence-corrected chi connectivity index (χ2v) is 7.64. The summed E-state index contributed by atoms with van der Waals surface area (Å²) in [4.78, 5) is 24.8. The molecule has 0 aliphatic carbocycles. The van der Waals surface area contributed by atoms with Crippen molar-refractivity contribution in [1.29, 1.82) is 0 Å². The molecule has 0 bridgehead atoms. The molecule has 0 atom stereocenters. The Morgan fingerprint density at radius 3 is 2.64 bits per heavy atom. The summed E-state index contributed by atoms with van der Waals surface area (Å²) in [6, 6.07) is 11.6. The molecule has 10 heteroatoms. The van der Waals surface area contributed by atoms with Crippen molar-refractivity contribution in [2.24, 2.45) is 0 Å². The first kappa shape index (κ1) is 20.4. The molecule has 4 heterocycles. The molecule has 0 unspecified atom stereocenters. The third-order valence-electron chi connectivity index (χ3n) is 5.54. The minimum absolute atomic E-state index is 0.0197. The molecule has 1 aromatic carbocycles. The van der Waals surface area contributed by atoms with Gasteiger partial charge in [-0.25, -0.2) is 19.9 Å². The molecule has 2 N–H and O–H groups in total. The highest BCUT2D eigenvalue weighted by atomic mass is 16.4. The number of aryl methyl sites for hydroxylation is 2. The number of imidazole rings is 1. The monoisotopic (exact) mass is 440 g/mol.